The number of halogens is 6. The Labute approximate surface area is 106 Å². The molecule has 0 aliphatic carbocycles. The molecule has 20 heavy (non-hydrogen) atoms. The first kappa shape index (κ1) is 16.2. The molecule has 12 heteroatoms. The molecule has 0 aromatic carbocycles. The summed E-state index contributed by atoms with van der Waals surface area (Å²) in [6, 6.07) is 0. The van der Waals surface area contributed by atoms with Gasteiger partial charge in [0.25, 0.3) is 0 Å². The van der Waals surface area contributed by atoms with Gasteiger partial charge in [-0.2, -0.15) is 26.3 Å². The zero-order chi connectivity index (χ0) is 15.6. The first-order valence-electron chi connectivity index (χ1n) is 4.79. The fraction of sp³-hybridized carbons (Fsp3) is 0.750. The normalized spacial score (nSPS) is 23.0. The highest BCUT2D eigenvalue weighted by atomic mass is 19.4. The van der Waals surface area contributed by atoms with Crippen LogP contribution in [-0.2, 0) is 18.9 Å². The quantitative estimate of drug-likeness (QED) is 0.587. The van der Waals surface area contributed by atoms with E-state index in [1.54, 1.807) is 0 Å². The molecule has 0 radical (unpaired) electrons. The van der Waals surface area contributed by atoms with Gasteiger partial charge in [0, 0.05) is 0 Å². The lowest BCUT2D eigenvalue weighted by molar-refractivity contribution is -0.207. The SMILES string of the molecule is O=C(OCC1OC(=O)OC1C(F)(F)F)OCC(F)(F)F. The maximum Gasteiger partial charge on any atom is 0.509 e. The van der Waals surface area contributed by atoms with Crippen LogP contribution in [0.2, 0.25) is 0 Å². The maximum atomic E-state index is 12.3. The molecule has 0 aromatic rings. The Bertz CT molecular complexity index is 377. The number of hydrogen-bond donors (Lipinski definition) is 0. The van der Waals surface area contributed by atoms with Crippen LogP contribution in [0, 0.1) is 0 Å². The summed E-state index contributed by atoms with van der Waals surface area (Å²) in [7, 11) is 0. The predicted octanol–water partition coefficient (Wildman–Crippen LogP) is 2.17. The van der Waals surface area contributed by atoms with Crippen LogP contribution in [0.1, 0.15) is 0 Å². The molecule has 1 aliphatic heterocycles. The molecule has 2 atom stereocenters. The monoisotopic (exact) mass is 312 g/mol. The largest absolute Gasteiger partial charge is 0.509 e. The van der Waals surface area contributed by atoms with E-state index < -0.39 is 50.1 Å². The van der Waals surface area contributed by atoms with Crippen molar-refractivity contribution < 1.29 is 54.9 Å². The molecule has 116 valence electrons. The van der Waals surface area contributed by atoms with Gasteiger partial charge in [-0.15, -0.1) is 0 Å². The highest BCUT2D eigenvalue weighted by molar-refractivity contribution is 5.63. The van der Waals surface area contributed by atoms with Crippen LogP contribution in [0.25, 0.3) is 0 Å². The molecule has 1 fully saturated rings. The van der Waals surface area contributed by atoms with Gasteiger partial charge in [-0.1, -0.05) is 0 Å². The van der Waals surface area contributed by atoms with Crippen molar-refractivity contribution in [3.8, 4) is 0 Å². The predicted molar refractivity (Wildman–Crippen MR) is 44.6 cm³/mol. The Morgan fingerprint density at radius 3 is 2.20 bits per heavy atom. The van der Waals surface area contributed by atoms with Gasteiger partial charge in [0.05, 0.1) is 0 Å². The molecular formula is C8H6F6O6. The van der Waals surface area contributed by atoms with Gasteiger partial charge in [-0.25, -0.2) is 9.59 Å². The van der Waals surface area contributed by atoms with E-state index in [0.717, 1.165) is 0 Å². The fourth-order valence-corrected chi connectivity index (χ4v) is 1.12. The van der Waals surface area contributed by atoms with Crippen LogP contribution in [0.5, 0.6) is 0 Å². The molecule has 2 unspecified atom stereocenters. The minimum atomic E-state index is -4.98. The summed E-state index contributed by atoms with van der Waals surface area (Å²) in [5, 5.41) is 0. The number of ether oxygens (including phenoxy) is 4. The zero-order valence-corrected chi connectivity index (χ0v) is 9.29. The topological polar surface area (TPSA) is 71.1 Å². The third-order valence-corrected chi connectivity index (χ3v) is 1.85. The number of rotatable bonds is 3. The first-order valence-corrected chi connectivity index (χ1v) is 4.79. The van der Waals surface area contributed by atoms with E-state index >= 15 is 0 Å². The summed E-state index contributed by atoms with van der Waals surface area (Å²) in [6.45, 7) is -3.12. The Morgan fingerprint density at radius 1 is 1.10 bits per heavy atom. The van der Waals surface area contributed by atoms with Crippen molar-refractivity contribution in [2.75, 3.05) is 13.2 Å². The van der Waals surface area contributed by atoms with Gasteiger partial charge < -0.3 is 18.9 Å². The van der Waals surface area contributed by atoms with Gasteiger partial charge in [-0.05, 0) is 0 Å². The van der Waals surface area contributed by atoms with Gasteiger partial charge in [0.1, 0.15) is 6.61 Å². The third-order valence-electron chi connectivity index (χ3n) is 1.85. The van der Waals surface area contributed by atoms with Crippen molar-refractivity contribution in [1.29, 1.82) is 0 Å². The van der Waals surface area contributed by atoms with E-state index in [-0.39, 0.29) is 0 Å². The lowest BCUT2D eigenvalue weighted by Crippen LogP contribution is -2.40. The van der Waals surface area contributed by atoms with E-state index in [9.17, 15) is 35.9 Å². The average molecular weight is 312 g/mol. The van der Waals surface area contributed by atoms with Crippen LogP contribution in [-0.4, -0.2) is 50.1 Å². The highest BCUT2D eigenvalue weighted by Gasteiger charge is 2.54. The molecule has 0 amide bonds. The maximum absolute atomic E-state index is 12.3. The third kappa shape index (κ3) is 5.01. The van der Waals surface area contributed by atoms with E-state index in [1.165, 1.54) is 0 Å². The summed E-state index contributed by atoms with van der Waals surface area (Å²) < 4.78 is 87.4. The summed E-state index contributed by atoms with van der Waals surface area (Å²) in [5.74, 6) is 0. The number of hydrogen-bond acceptors (Lipinski definition) is 6. The Balaban J connectivity index is 2.44. The Hall–Kier alpha value is -1.88. The van der Waals surface area contributed by atoms with Crippen LogP contribution in [0.15, 0.2) is 0 Å². The van der Waals surface area contributed by atoms with Gasteiger partial charge in [-0.3, -0.25) is 0 Å². The van der Waals surface area contributed by atoms with Crippen molar-refractivity contribution in [2.45, 2.75) is 24.6 Å². The molecule has 1 aliphatic rings. The first-order chi connectivity index (χ1) is 8.99. The molecule has 1 saturated heterocycles. The van der Waals surface area contributed by atoms with Gasteiger partial charge >= 0.3 is 24.7 Å². The standard InChI is InChI=1S/C8H6F6O6/c9-7(10,11)2-18-5(15)17-1-3-4(8(12,13)14)20-6(16)19-3/h3-4H,1-2H2. The van der Waals surface area contributed by atoms with E-state index in [1.807, 2.05) is 0 Å². The van der Waals surface area contributed by atoms with Gasteiger partial charge in [0.15, 0.2) is 12.7 Å². The molecule has 0 saturated carbocycles. The van der Waals surface area contributed by atoms with Crippen molar-refractivity contribution in [3.63, 3.8) is 0 Å². The number of carbonyl (C=O) groups excluding carboxylic acids is 2. The second-order valence-electron chi connectivity index (χ2n) is 3.45. The van der Waals surface area contributed by atoms with E-state index in [0.29, 0.717) is 0 Å². The summed E-state index contributed by atoms with van der Waals surface area (Å²) in [4.78, 5) is 21.2. The number of carbonyl (C=O) groups is 2. The molecule has 0 bridgehead atoms. The molecule has 0 spiro atoms. The van der Waals surface area contributed by atoms with Crippen molar-refractivity contribution >= 4 is 12.3 Å². The van der Waals surface area contributed by atoms with Crippen LogP contribution in [0.4, 0.5) is 35.9 Å². The van der Waals surface area contributed by atoms with Crippen LogP contribution >= 0.6 is 0 Å². The zero-order valence-electron chi connectivity index (χ0n) is 9.29. The summed E-state index contributed by atoms with van der Waals surface area (Å²) in [6.07, 6.45) is -18.0. The average Bonchev–Trinajstić information content (AvgIpc) is 2.64. The summed E-state index contributed by atoms with van der Waals surface area (Å²) >= 11 is 0. The molecule has 1 heterocycles. The fourth-order valence-electron chi connectivity index (χ4n) is 1.12. The van der Waals surface area contributed by atoms with Gasteiger partial charge in [0.2, 0.25) is 6.10 Å². The minimum Gasteiger partial charge on any atom is -0.430 e. The second kappa shape index (κ2) is 5.63. The molecule has 0 aromatic heterocycles. The summed E-state index contributed by atoms with van der Waals surface area (Å²) in [5.41, 5.74) is 0. The minimum absolute atomic E-state index is 1.16. The molecular weight excluding hydrogens is 306 g/mol. The van der Waals surface area contributed by atoms with E-state index in [2.05, 4.69) is 18.9 Å². The highest BCUT2D eigenvalue weighted by Crippen LogP contribution is 2.31. The van der Waals surface area contributed by atoms with E-state index in [4.69, 9.17) is 0 Å². The number of alkyl halides is 6. The molecule has 1 rings (SSSR count). The van der Waals surface area contributed by atoms with Crippen molar-refractivity contribution in [3.05, 3.63) is 0 Å². The van der Waals surface area contributed by atoms with Crippen molar-refractivity contribution in [1.82, 2.24) is 0 Å². The Morgan fingerprint density at radius 2 is 1.70 bits per heavy atom. The molecule has 0 N–H and O–H groups in total. The lowest BCUT2D eigenvalue weighted by atomic mass is 10.2. The van der Waals surface area contributed by atoms with Crippen LogP contribution in [0.3, 0.4) is 0 Å². The van der Waals surface area contributed by atoms with Crippen LogP contribution < -0.4 is 0 Å². The second-order valence-corrected chi connectivity index (χ2v) is 3.45. The smallest absolute Gasteiger partial charge is 0.430 e. The molecule has 6 nitrogen and oxygen atoms in total. The Kier molecular flexibility index (Phi) is 4.55. The van der Waals surface area contributed by atoms with Crippen molar-refractivity contribution in [2.24, 2.45) is 0 Å². The lowest BCUT2D eigenvalue weighted by Gasteiger charge is -2.17. The number of cyclic esters (lactones) is 2.